The molecule has 9 heteroatoms. The van der Waals surface area contributed by atoms with E-state index < -0.39 is 29.5 Å². The van der Waals surface area contributed by atoms with Crippen LogP contribution in [0.1, 0.15) is 41.4 Å². The molecule has 1 heterocycles. The summed E-state index contributed by atoms with van der Waals surface area (Å²) in [5.41, 5.74) is 1.23. The van der Waals surface area contributed by atoms with Crippen LogP contribution in [0.25, 0.3) is 5.76 Å². The first-order chi connectivity index (χ1) is 18.3. The zero-order valence-corrected chi connectivity index (χ0v) is 21.8. The Morgan fingerprint density at radius 1 is 0.947 bits per heavy atom. The monoisotopic (exact) mass is 535 g/mol. The molecule has 1 aliphatic heterocycles. The van der Waals surface area contributed by atoms with Crippen molar-refractivity contribution in [3.05, 3.63) is 94.0 Å². The molecular formula is C29H26ClNO7. The zero-order chi connectivity index (χ0) is 27.4. The van der Waals surface area contributed by atoms with Gasteiger partial charge in [0.2, 0.25) is 0 Å². The molecule has 4 rings (SSSR count). The summed E-state index contributed by atoms with van der Waals surface area (Å²) in [6.45, 7) is 4.13. The maximum atomic E-state index is 13.4. The Hall–Kier alpha value is -4.30. The first kappa shape index (κ1) is 26.8. The van der Waals surface area contributed by atoms with Crippen molar-refractivity contribution in [2.75, 3.05) is 25.2 Å². The van der Waals surface area contributed by atoms with Crippen LogP contribution >= 0.6 is 11.6 Å². The van der Waals surface area contributed by atoms with Gasteiger partial charge in [-0.3, -0.25) is 14.5 Å². The fourth-order valence-electron chi connectivity index (χ4n) is 4.26. The lowest BCUT2D eigenvalue weighted by Gasteiger charge is -2.26. The van der Waals surface area contributed by atoms with E-state index in [1.807, 2.05) is 6.92 Å². The highest BCUT2D eigenvalue weighted by Crippen LogP contribution is 2.43. The normalized spacial score (nSPS) is 16.4. The van der Waals surface area contributed by atoms with Crippen molar-refractivity contribution < 1.29 is 33.7 Å². The average Bonchev–Trinajstić information content (AvgIpc) is 3.19. The molecule has 1 fully saturated rings. The molecule has 0 bridgehead atoms. The van der Waals surface area contributed by atoms with E-state index in [4.69, 9.17) is 25.8 Å². The number of Topliss-reactive ketones (excluding diaryl/α,β-unsaturated/α-hetero) is 1. The molecule has 1 atom stereocenters. The summed E-state index contributed by atoms with van der Waals surface area (Å²) in [7, 11) is 1.53. The quantitative estimate of drug-likeness (QED) is 0.174. The second-order valence-corrected chi connectivity index (χ2v) is 8.69. The van der Waals surface area contributed by atoms with E-state index >= 15 is 0 Å². The Labute approximate surface area is 225 Å². The first-order valence-electron chi connectivity index (χ1n) is 12.0. The van der Waals surface area contributed by atoms with Crippen molar-refractivity contribution >= 4 is 40.7 Å². The van der Waals surface area contributed by atoms with Crippen molar-refractivity contribution in [1.82, 2.24) is 0 Å². The van der Waals surface area contributed by atoms with Gasteiger partial charge in [0.15, 0.2) is 0 Å². The summed E-state index contributed by atoms with van der Waals surface area (Å²) >= 11 is 6.39. The minimum atomic E-state index is -0.985. The second kappa shape index (κ2) is 11.4. The van der Waals surface area contributed by atoms with E-state index in [0.29, 0.717) is 34.9 Å². The van der Waals surface area contributed by atoms with Gasteiger partial charge >= 0.3 is 5.97 Å². The van der Waals surface area contributed by atoms with E-state index in [2.05, 4.69) is 0 Å². The predicted octanol–water partition coefficient (Wildman–Crippen LogP) is 5.55. The molecular weight excluding hydrogens is 510 g/mol. The lowest BCUT2D eigenvalue weighted by Crippen LogP contribution is -2.29. The minimum absolute atomic E-state index is 0.134. The molecule has 0 aromatic heterocycles. The number of rotatable bonds is 8. The van der Waals surface area contributed by atoms with Gasteiger partial charge in [0.25, 0.3) is 11.7 Å². The molecule has 0 radical (unpaired) electrons. The smallest absolute Gasteiger partial charge is 0.338 e. The number of hydrogen-bond acceptors (Lipinski definition) is 7. The number of carbonyl (C=O) groups excluding carboxylic acids is 3. The molecule has 0 aliphatic carbocycles. The summed E-state index contributed by atoms with van der Waals surface area (Å²) in [6.07, 6.45) is 0. The van der Waals surface area contributed by atoms with Gasteiger partial charge in [-0.1, -0.05) is 23.7 Å². The molecule has 1 N–H and O–H groups in total. The number of aliphatic hydroxyl groups excluding tert-OH is 1. The van der Waals surface area contributed by atoms with E-state index in [9.17, 15) is 19.5 Å². The highest BCUT2D eigenvalue weighted by Gasteiger charge is 2.47. The van der Waals surface area contributed by atoms with Crippen molar-refractivity contribution in [3.8, 4) is 11.5 Å². The third-order valence-electron chi connectivity index (χ3n) is 6.04. The van der Waals surface area contributed by atoms with E-state index in [1.54, 1.807) is 55.5 Å². The fraction of sp³-hybridized carbons (Fsp3) is 0.207. The summed E-state index contributed by atoms with van der Waals surface area (Å²) in [4.78, 5) is 40.2. The predicted molar refractivity (Wildman–Crippen MR) is 143 cm³/mol. The number of ketones is 1. The standard InChI is InChI=1S/C29H26ClNO7/c1-4-37-21-14-15-23(30)22(16-21)26(32)24-25(17-8-12-20(36-3)13-9-17)31(28(34)27(24)33)19-10-6-18(7-11-19)29(35)38-5-2/h6-16,25,32H,4-5H2,1-3H3/b26-24+. The SMILES string of the molecule is CCOC(=O)c1ccc(N2C(=O)C(=O)/C(=C(/O)c3cc(OCC)ccc3Cl)C2c2ccc(OC)cc2)cc1. The lowest BCUT2D eigenvalue weighted by atomic mass is 9.95. The molecule has 3 aromatic carbocycles. The highest BCUT2D eigenvalue weighted by molar-refractivity contribution is 6.52. The summed E-state index contributed by atoms with van der Waals surface area (Å²) < 4.78 is 15.8. The number of anilines is 1. The molecule has 38 heavy (non-hydrogen) atoms. The topological polar surface area (TPSA) is 102 Å². The van der Waals surface area contributed by atoms with Gasteiger partial charge in [-0.05, 0) is 74.0 Å². The maximum absolute atomic E-state index is 13.4. The lowest BCUT2D eigenvalue weighted by molar-refractivity contribution is -0.132. The Morgan fingerprint density at radius 2 is 1.61 bits per heavy atom. The van der Waals surface area contributed by atoms with E-state index in [1.165, 1.54) is 30.2 Å². The zero-order valence-electron chi connectivity index (χ0n) is 21.1. The first-order valence-corrected chi connectivity index (χ1v) is 12.3. The third kappa shape index (κ3) is 5.08. The largest absolute Gasteiger partial charge is 0.507 e. The molecule has 0 saturated carbocycles. The van der Waals surface area contributed by atoms with Crippen LogP contribution in [0.4, 0.5) is 5.69 Å². The Bertz CT molecular complexity index is 1400. The van der Waals surface area contributed by atoms with Crippen molar-refractivity contribution in [2.45, 2.75) is 19.9 Å². The Kier molecular flexibility index (Phi) is 8.02. The molecule has 1 aliphatic rings. The number of benzene rings is 3. The highest BCUT2D eigenvalue weighted by atomic mass is 35.5. The van der Waals surface area contributed by atoms with Crippen molar-refractivity contribution in [2.24, 2.45) is 0 Å². The van der Waals surface area contributed by atoms with Crippen LogP contribution in [0.15, 0.2) is 72.3 Å². The fourth-order valence-corrected chi connectivity index (χ4v) is 4.47. The summed E-state index contributed by atoms with van der Waals surface area (Å²) in [5, 5.41) is 11.6. The Balaban J connectivity index is 1.88. The number of halogens is 1. The number of nitrogens with zero attached hydrogens (tertiary/aromatic N) is 1. The molecule has 3 aromatic rings. The number of ether oxygens (including phenoxy) is 3. The van der Waals surface area contributed by atoms with Crippen molar-refractivity contribution in [1.29, 1.82) is 0 Å². The molecule has 0 spiro atoms. The number of methoxy groups -OCH3 is 1. The van der Waals surface area contributed by atoms with Crippen LogP contribution in [0, 0.1) is 0 Å². The van der Waals surface area contributed by atoms with Crippen molar-refractivity contribution in [3.63, 3.8) is 0 Å². The van der Waals surface area contributed by atoms with E-state index in [0.717, 1.165) is 0 Å². The number of hydrogen-bond donors (Lipinski definition) is 1. The number of amides is 1. The van der Waals surface area contributed by atoms with Gasteiger partial charge < -0.3 is 19.3 Å². The molecule has 8 nitrogen and oxygen atoms in total. The van der Waals surface area contributed by atoms with Crippen LogP contribution in [-0.2, 0) is 14.3 Å². The molecule has 1 amide bonds. The molecule has 196 valence electrons. The average molecular weight is 536 g/mol. The molecule has 1 unspecified atom stereocenters. The number of aliphatic hydroxyl groups is 1. The Morgan fingerprint density at radius 3 is 2.21 bits per heavy atom. The number of esters is 1. The van der Waals surface area contributed by atoms with Crippen LogP contribution in [0.2, 0.25) is 5.02 Å². The van der Waals surface area contributed by atoms with Crippen LogP contribution in [0.3, 0.4) is 0 Å². The minimum Gasteiger partial charge on any atom is -0.507 e. The molecule has 1 saturated heterocycles. The second-order valence-electron chi connectivity index (χ2n) is 8.28. The van der Waals surface area contributed by atoms with Gasteiger partial charge in [-0.15, -0.1) is 0 Å². The van der Waals surface area contributed by atoms with Gasteiger partial charge in [0.1, 0.15) is 17.3 Å². The van der Waals surface area contributed by atoms with Gasteiger partial charge in [0, 0.05) is 11.3 Å². The van der Waals surface area contributed by atoms with Gasteiger partial charge in [0.05, 0.1) is 42.5 Å². The van der Waals surface area contributed by atoms with Crippen LogP contribution in [0.5, 0.6) is 11.5 Å². The maximum Gasteiger partial charge on any atom is 0.338 e. The summed E-state index contributed by atoms with van der Waals surface area (Å²) in [6, 6.07) is 16.7. The van der Waals surface area contributed by atoms with E-state index in [-0.39, 0.29) is 22.8 Å². The number of carbonyl (C=O) groups is 3. The van der Waals surface area contributed by atoms with Crippen LogP contribution in [-0.4, -0.2) is 43.1 Å². The van der Waals surface area contributed by atoms with Crippen LogP contribution < -0.4 is 14.4 Å². The summed E-state index contributed by atoms with van der Waals surface area (Å²) in [5.74, 6) is -1.62. The van der Waals surface area contributed by atoms with Gasteiger partial charge in [-0.2, -0.15) is 0 Å². The third-order valence-corrected chi connectivity index (χ3v) is 6.37. The van der Waals surface area contributed by atoms with Gasteiger partial charge in [-0.25, -0.2) is 4.79 Å².